The van der Waals surface area contributed by atoms with Gasteiger partial charge in [0.15, 0.2) is 5.03 Å². The van der Waals surface area contributed by atoms with E-state index in [1.165, 1.54) is 11.8 Å². The molecule has 1 heterocycles. The average Bonchev–Trinajstić information content (AvgIpc) is 2.17. The van der Waals surface area contributed by atoms with Crippen molar-refractivity contribution >= 4 is 52.3 Å². The number of nitrogens with zero attached hydrogens (tertiary/aromatic N) is 1. The van der Waals surface area contributed by atoms with Crippen LogP contribution in [-0.4, -0.2) is 26.8 Å². The molecule has 1 rings (SSSR count). The number of halogens is 3. The van der Waals surface area contributed by atoms with Crippen molar-refractivity contribution in [3.8, 4) is 0 Å². The highest BCUT2D eigenvalue weighted by molar-refractivity contribution is 8.03. The van der Waals surface area contributed by atoms with Crippen LogP contribution in [0.25, 0.3) is 0 Å². The molecule has 9 heteroatoms. The lowest BCUT2D eigenvalue weighted by Gasteiger charge is -2.16. The first-order valence-corrected chi connectivity index (χ1v) is 6.33. The lowest BCUT2D eigenvalue weighted by molar-refractivity contribution is -0.419. The minimum atomic E-state index is -2.31. The van der Waals surface area contributed by atoms with Crippen molar-refractivity contribution < 1.29 is 9.72 Å². The largest absolute Gasteiger partial charge is 0.374 e. The Bertz CT molecular complexity index is 345. The number of ketones is 1. The number of allylic oxidation sites excluding steroid dienone is 1. The molecule has 0 radical (unpaired) electrons. The van der Waals surface area contributed by atoms with Gasteiger partial charge < -0.3 is 5.32 Å². The Morgan fingerprint density at radius 1 is 1.50 bits per heavy atom. The molecule has 90 valence electrons. The highest BCUT2D eigenvalue weighted by Gasteiger charge is 2.42. The lowest BCUT2D eigenvalue weighted by Crippen LogP contribution is -2.31. The Hall–Kier alpha value is -0.170. The zero-order chi connectivity index (χ0) is 12.3. The van der Waals surface area contributed by atoms with Crippen molar-refractivity contribution in [1.82, 2.24) is 5.32 Å². The maximum atomic E-state index is 11.6. The van der Waals surface area contributed by atoms with Gasteiger partial charge in [-0.2, -0.15) is 0 Å². The molecule has 0 saturated carbocycles. The summed E-state index contributed by atoms with van der Waals surface area (Å²) in [5.41, 5.74) is -0.690. The van der Waals surface area contributed by atoms with Crippen LogP contribution < -0.4 is 5.32 Å². The predicted molar refractivity (Wildman–Crippen MR) is 64.4 cm³/mol. The Balaban J connectivity index is 3.08. The van der Waals surface area contributed by atoms with E-state index in [9.17, 15) is 14.9 Å². The summed E-state index contributed by atoms with van der Waals surface area (Å²) in [6.45, 7) is 0.562. The molecule has 16 heavy (non-hydrogen) atoms. The lowest BCUT2D eigenvalue weighted by atomic mass is 10.3. The van der Waals surface area contributed by atoms with Crippen LogP contribution in [0.3, 0.4) is 0 Å². The number of carbonyl (C=O) groups excluding carboxylic acids is 1. The van der Waals surface area contributed by atoms with Gasteiger partial charge in [-0.3, -0.25) is 14.9 Å². The molecule has 0 unspecified atom stereocenters. The van der Waals surface area contributed by atoms with E-state index < -0.39 is 20.2 Å². The Morgan fingerprint density at radius 2 is 2.12 bits per heavy atom. The van der Waals surface area contributed by atoms with Crippen LogP contribution in [0.15, 0.2) is 10.7 Å². The number of nitro groups is 1. The molecule has 5 nitrogen and oxygen atoms in total. The quantitative estimate of drug-likeness (QED) is 0.366. The summed E-state index contributed by atoms with van der Waals surface area (Å²) >= 11 is 17.2. The molecular formula is C7H7Cl3N2O3S. The third-order valence-electron chi connectivity index (χ3n) is 1.72. The van der Waals surface area contributed by atoms with Crippen LogP contribution in [-0.2, 0) is 4.79 Å². The fourth-order valence-corrected chi connectivity index (χ4v) is 2.32. The van der Waals surface area contributed by atoms with Crippen LogP contribution in [0.1, 0.15) is 6.42 Å². The summed E-state index contributed by atoms with van der Waals surface area (Å²) in [4.78, 5) is 21.5. The molecule has 0 amide bonds. The van der Waals surface area contributed by atoms with Crippen LogP contribution in [0.5, 0.6) is 0 Å². The molecule has 0 aromatic carbocycles. The second-order valence-corrected chi connectivity index (χ2v) is 6.28. The molecule has 0 aliphatic carbocycles. The average molecular weight is 306 g/mol. The molecule has 1 N–H and O–H groups in total. The van der Waals surface area contributed by atoms with E-state index in [1.54, 1.807) is 0 Å². The molecule has 1 saturated heterocycles. The predicted octanol–water partition coefficient (Wildman–Crippen LogP) is 2.10. The van der Waals surface area contributed by atoms with E-state index in [1.807, 2.05) is 0 Å². The Kier molecular flexibility index (Phi) is 4.73. The van der Waals surface area contributed by atoms with E-state index in [4.69, 9.17) is 34.8 Å². The number of alkyl halides is 3. The van der Waals surface area contributed by atoms with Crippen molar-refractivity contribution in [3.05, 3.63) is 20.8 Å². The number of thioether (sulfide) groups is 1. The third kappa shape index (κ3) is 3.41. The smallest absolute Gasteiger partial charge is 0.346 e. The van der Waals surface area contributed by atoms with Crippen LogP contribution in [0, 0.1) is 10.1 Å². The minimum absolute atomic E-state index is 0.160. The van der Waals surface area contributed by atoms with Crippen molar-refractivity contribution in [2.75, 3.05) is 12.3 Å². The number of carbonyl (C=O) groups is 1. The second kappa shape index (κ2) is 5.44. The van der Waals surface area contributed by atoms with Crippen LogP contribution in [0.4, 0.5) is 0 Å². The number of rotatable bonds is 2. The summed E-state index contributed by atoms with van der Waals surface area (Å²) in [6, 6.07) is 0. The van der Waals surface area contributed by atoms with E-state index in [0.717, 1.165) is 6.42 Å². The Labute approximate surface area is 111 Å². The molecule has 1 aliphatic rings. The molecule has 0 aromatic rings. The molecule has 0 spiro atoms. The van der Waals surface area contributed by atoms with Gasteiger partial charge in [0.25, 0.3) is 9.58 Å². The number of hydrogen-bond donors (Lipinski definition) is 1. The molecular weight excluding hydrogens is 299 g/mol. The number of Topliss-reactive ketones (excluding diaryl/α,β-unsaturated/α-hetero) is 1. The SMILES string of the molecule is O=C(C(=C1NCCCS1)[N+](=O)[O-])C(Cl)(Cl)Cl. The first kappa shape index (κ1) is 13.9. The monoisotopic (exact) mass is 304 g/mol. The second-order valence-electron chi connectivity index (χ2n) is 2.89. The zero-order valence-electron chi connectivity index (χ0n) is 7.84. The molecule has 0 atom stereocenters. The normalized spacial score (nSPS) is 19.9. The summed E-state index contributed by atoms with van der Waals surface area (Å²) in [7, 11) is 0. The van der Waals surface area contributed by atoms with Gasteiger partial charge in [-0.05, 0) is 6.42 Å². The maximum absolute atomic E-state index is 11.6. The number of hydrogen-bond acceptors (Lipinski definition) is 5. The maximum Gasteiger partial charge on any atom is 0.346 e. The van der Waals surface area contributed by atoms with Gasteiger partial charge in [-0.25, -0.2) is 0 Å². The van der Waals surface area contributed by atoms with E-state index in [-0.39, 0.29) is 5.03 Å². The molecule has 1 fully saturated rings. The van der Waals surface area contributed by atoms with Crippen LogP contribution in [0.2, 0.25) is 0 Å². The van der Waals surface area contributed by atoms with Gasteiger partial charge in [0.2, 0.25) is 0 Å². The van der Waals surface area contributed by atoms with E-state index >= 15 is 0 Å². The molecule has 1 aliphatic heterocycles. The minimum Gasteiger partial charge on any atom is -0.374 e. The van der Waals surface area contributed by atoms with Gasteiger partial charge in [0.05, 0.1) is 4.92 Å². The third-order valence-corrected chi connectivity index (χ3v) is 3.36. The van der Waals surface area contributed by atoms with Gasteiger partial charge in [0, 0.05) is 12.3 Å². The summed E-state index contributed by atoms with van der Waals surface area (Å²) < 4.78 is -2.31. The van der Waals surface area contributed by atoms with Gasteiger partial charge in [0.1, 0.15) is 0 Å². The molecule has 0 aromatic heterocycles. The highest BCUT2D eigenvalue weighted by atomic mass is 35.6. The van der Waals surface area contributed by atoms with Crippen LogP contribution >= 0.6 is 46.6 Å². The highest BCUT2D eigenvalue weighted by Crippen LogP contribution is 2.33. The fraction of sp³-hybridized carbons (Fsp3) is 0.571. The summed E-state index contributed by atoms with van der Waals surface area (Å²) in [5.74, 6) is -0.438. The van der Waals surface area contributed by atoms with Gasteiger partial charge in [-0.15, -0.1) is 11.8 Å². The summed E-state index contributed by atoms with van der Waals surface area (Å²) in [5, 5.41) is 13.7. The summed E-state index contributed by atoms with van der Waals surface area (Å²) in [6.07, 6.45) is 0.862. The van der Waals surface area contributed by atoms with Crippen molar-refractivity contribution in [1.29, 1.82) is 0 Å². The standard InChI is InChI=1S/C7H7Cl3N2O3S/c8-7(9,10)5(13)4(12(14)15)6-11-2-1-3-16-6/h11H,1-3H2. The Morgan fingerprint density at radius 3 is 2.50 bits per heavy atom. The van der Waals surface area contributed by atoms with Crippen molar-refractivity contribution in [3.63, 3.8) is 0 Å². The van der Waals surface area contributed by atoms with Crippen molar-refractivity contribution in [2.45, 2.75) is 10.2 Å². The first-order chi connectivity index (χ1) is 7.34. The first-order valence-electron chi connectivity index (χ1n) is 4.21. The van der Waals surface area contributed by atoms with E-state index in [0.29, 0.717) is 12.3 Å². The molecule has 0 bridgehead atoms. The number of nitrogens with one attached hydrogen (secondary N) is 1. The zero-order valence-corrected chi connectivity index (χ0v) is 10.9. The van der Waals surface area contributed by atoms with Gasteiger partial charge >= 0.3 is 5.70 Å². The van der Waals surface area contributed by atoms with Gasteiger partial charge in [-0.1, -0.05) is 34.8 Å². The van der Waals surface area contributed by atoms with Crippen molar-refractivity contribution in [2.24, 2.45) is 0 Å². The fourth-order valence-electron chi connectivity index (χ4n) is 1.05. The van der Waals surface area contributed by atoms with E-state index in [2.05, 4.69) is 5.32 Å². The topological polar surface area (TPSA) is 72.2 Å².